The monoisotopic (exact) mass is 471 g/mol. The van der Waals surface area contributed by atoms with Crippen molar-refractivity contribution in [2.75, 3.05) is 0 Å². The van der Waals surface area contributed by atoms with Gasteiger partial charge in [-0.1, -0.05) is 64.4 Å². The molecule has 2 aromatic heterocycles. The van der Waals surface area contributed by atoms with Crippen LogP contribution in [0.2, 0.25) is 5.02 Å². The zero-order valence-electron chi connectivity index (χ0n) is 18.5. The minimum atomic E-state index is 0.00863. The second-order valence-corrected chi connectivity index (χ2v) is 8.46. The maximum atomic E-state index is 5.95. The molecule has 0 aliphatic rings. The number of hydrogen-bond donors (Lipinski definition) is 1. The molecule has 0 saturated heterocycles. The molecule has 0 aliphatic carbocycles. The van der Waals surface area contributed by atoms with Crippen molar-refractivity contribution < 1.29 is 9.05 Å². The molecule has 2 N–H and O–H groups in total. The molecule has 0 amide bonds. The Morgan fingerprint density at radius 3 is 1.91 bits per heavy atom. The molecule has 34 heavy (non-hydrogen) atoms. The Hall–Kier alpha value is -3.81. The lowest BCUT2D eigenvalue weighted by molar-refractivity contribution is 0.354. The molecule has 0 fully saturated rings. The third-order valence-electron chi connectivity index (χ3n) is 5.48. The van der Waals surface area contributed by atoms with E-state index in [0.29, 0.717) is 41.3 Å². The Balaban J connectivity index is 1.26. The number of halogens is 1. The number of aryl methyl sites for hydroxylation is 2. The van der Waals surface area contributed by atoms with Crippen LogP contribution in [0.3, 0.4) is 0 Å². The van der Waals surface area contributed by atoms with Crippen molar-refractivity contribution in [1.82, 2.24) is 20.3 Å². The summed E-state index contributed by atoms with van der Waals surface area (Å²) in [6, 6.07) is 23.6. The number of benzene rings is 3. The Bertz CT molecular complexity index is 1390. The van der Waals surface area contributed by atoms with E-state index in [1.54, 1.807) is 12.1 Å². The predicted molar refractivity (Wildman–Crippen MR) is 130 cm³/mol. The van der Waals surface area contributed by atoms with Gasteiger partial charge in [0.2, 0.25) is 23.4 Å². The van der Waals surface area contributed by atoms with Gasteiger partial charge in [0.1, 0.15) is 0 Å². The zero-order chi connectivity index (χ0) is 23.5. The normalized spacial score (nSPS) is 12.1. The van der Waals surface area contributed by atoms with Gasteiger partial charge in [-0.15, -0.1) is 0 Å². The van der Waals surface area contributed by atoms with E-state index in [0.717, 1.165) is 27.8 Å². The molecule has 0 radical (unpaired) electrons. The quantitative estimate of drug-likeness (QED) is 0.314. The van der Waals surface area contributed by atoms with Crippen LogP contribution in [0.15, 0.2) is 81.8 Å². The number of aromatic nitrogens is 4. The van der Waals surface area contributed by atoms with Crippen molar-refractivity contribution in [2.24, 2.45) is 5.73 Å². The summed E-state index contributed by atoms with van der Waals surface area (Å²) in [7, 11) is 0. The van der Waals surface area contributed by atoms with Crippen LogP contribution in [0, 0.1) is 0 Å². The summed E-state index contributed by atoms with van der Waals surface area (Å²) in [5.41, 5.74) is 10.9. The van der Waals surface area contributed by atoms with Crippen molar-refractivity contribution in [3.8, 4) is 33.9 Å². The summed E-state index contributed by atoms with van der Waals surface area (Å²) in [6.07, 6.45) is 0.988. The van der Waals surface area contributed by atoms with Crippen LogP contribution in [0.4, 0.5) is 0 Å². The standard InChI is InChI=1S/C26H22ClN5O2/c1-16(28)17-5-7-18(8-6-17)20-3-2-4-21(15-20)26-30-24(34-32-26)14-13-23-29-25(31-33-23)19-9-11-22(27)12-10-19/h2-12,15-16H,13-14,28H2,1H3. The van der Waals surface area contributed by atoms with Gasteiger partial charge in [0.15, 0.2) is 0 Å². The van der Waals surface area contributed by atoms with Gasteiger partial charge in [-0.05, 0) is 53.9 Å². The lowest BCUT2D eigenvalue weighted by Crippen LogP contribution is -2.04. The predicted octanol–water partition coefficient (Wildman–Crippen LogP) is 5.91. The second-order valence-electron chi connectivity index (χ2n) is 8.02. The van der Waals surface area contributed by atoms with E-state index in [4.69, 9.17) is 26.4 Å². The number of hydrogen-bond acceptors (Lipinski definition) is 7. The highest BCUT2D eigenvalue weighted by Gasteiger charge is 2.13. The van der Waals surface area contributed by atoms with E-state index in [1.807, 2.05) is 37.3 Å². The highest BCUT2D eigenvalue weighted by molar-refractivity contribution is 6.30. The smallest absolute Gasteiger partial charge is 0.227 e. The molecule has 5 rings (SSSR count). The zero-order valence-corrected chi connectivity index (χ0v) is 19.2. The van der Waals surface area contributed by atoms with E-state index in [9.17, 15) is 0 Å². The van der Waals surface area contributed by atoms with E-state index >= 15 is 0 Å². The lowest BCUT2D eigenvalue weighted by atomic mass is 10.00. The summed E-state index contributed by atoms with van der Waals surface area (Å²) < 4.78 is 10.8. The highest BCUT2D eigenvalue weighted by atomic mass is 35.5. The van der Waals surface area contributed by atoms with Gasteiger partial charge >= 0.3 is 0 Å². The molecule has 2 heterocycles. The fourth-order valence-electron chi connectivity index (χ4n) is 3.58. The van der Waals surface area contributed by atoms with Crippen molar-refractivity contribution in [2.45, 2.75) is 25.8 Å². The minimum Gasteiger partial charge on any atom is -0.339 e. The van der Waals surface area contributed by atoms with E-state index in [-0.39, 0.29) is 6.04 Å². The molecule has 0 bridgehead atoms. The van der Waals surface area contributed by atoms with Gasteiger partial charge in [0.25, 0.3) is 0 Å². The van der Waals surface area contributed by atoms with E-state index in [2.05, 4.69) is 50.6 Å². The first kappa shape index (κ1) is 22.0. The van der Waals surface area contributed by atoms with E-state index in [1.165, 1.54) is 0 Å². The fourth-order valence-corrected chi connectivity index (χ4v) is 3.70. The highest BCUT2D eigenvalue weighted by Crippen LogP contribution is 2.26. The fraction of sp³-hybridized carbons (Fsp3) is 0.154. The molecule has 5 aromatic rings. The topological polar surface area (TPSA) is 104 Å². The van der Waals surface area contributed by atoms with Crippen molar-refractivity contribution in [3.05, 3.63) is 95.2 Å². The molecule has 1 atom stereocenters. The molecule has 0 spiro atoms. The molecular weight excluding hydrogens is 450 g/mol. The summed E-state index contributed by atoms with van der Waals surface area (Å²) in [5, 5.41) is 8.84. The molecule has 0 aliphatic heterocycles. The Labute approximate surface area is 201 Å². The number of nitrogens with two attached hydrogens (primary N) is 1. The Kier molecular flexibility index (Phi) is 6.20. The number of nitrogens with zero attached hydrogens (tertiary/aromatic N) is 4. The maximum Gasteiger partial charge on any atom is 0.227 e. The minimum absolute atomic E-state index is 0.00863. The molecule has 0 saturated carbocycles. The molecule has 3 aromatic carbocycles. The Morgan fingerprint density at radius 2 is 1.29 bits per heavy atom. The van der Waals surface area contributed by atoms with Crippen LogP contribution in [0.1, 0.15) is 30.3 Å². The molecule has 8 heteroatoms. The van der Waals surface area contributed by atoms with Crippen molar-refractivity contribution >= 4 is 11.6 Å². The van der Waals surface area contributed by atoms with Crippen LogP contribution < -0.4 is 5.73 Å². The van der Waals surface area contributed by atoms with Crippen LogP contribution in [0.5, 0.6) is 0 Å². The maximum absolute atomic E-state index is 5.95. The molecular formula is C26H22ClN5O2. The average Bonchev–Trinajstić information content (AvgIpc) is 3.53. The van der Waals surface area contributed by atoms with E-state index < -0.39 is 0 Å². The van der Waals surface area contributed by atoms with Crippen molar-refractivity contribution in [1.29, 1.82) is 0 Å². The summed E-state index contributed by atoms with van der Waals surface area (Å²) >= 11 is 5.93. The first-order chi connectivity index (χ1) is 16.5. The van der Waals surface area contributed by atoms with Gasteiger partial charge in [0, 0.05) is 35.0 Å². The molecule has 7 nitrogen and oxygen atoms in total. The molecule has 1 unspecified atom stereocenters. The van der Waals surface area contributed by atoms with Gasteiger partial charge in [-0.2, -0.15) is 9.97 Å². The lowest BCUT2D eigenvalue weighted by Gasteiger charge is -2.08. The summed E-state index contributed by atoms with van der Waals surface area (Å²) in [6.45, 7) is 1.97. The third-order valence-corrected chi connectivity index (χ3v) is 5.73. The Morgan fingerprint density at radius 1 is 0.735 bits per heavy atom. The van der Waals surface area contributed by atoms with Gasteiger partial charge in [-0.3, -0.25) is 0 Å². The van der Waals surface area contributed by atoms with Crippen LogP contribution in [-0.2, 0) is 12.8 Å². The summed E-state index contributed by atoms with van der Waals surface area (Å²) in [5.74, 6) is 2.06. The van der Waals surface area contributed by atoms with Crippen molar-refractivity contribution in [3.63, 3.8) is 0 Å². The average molecular weight is 472 g/mol. The second kappa shape index (κ2) is 9.59. The van der Waals surface area contributed by atoms with Crippen LogP contribution in [0.25, 0.3) is 33.9 Å². The number of rotatable bonds is 7. The summed E-state index contributed by atoms with van der Waals surface area (Å²) in [4.78, 5) is 8.98. The van der Waals surface area contributed by atoms with Gasteiger partial charge < -0.3 is 14.8 Å². The first-order valence-corrected chi connectivity index (χ1v) is 11.3. The first-order valence-electron chi connectivity index (χ1n) is 10.9. The van der Waals surface area contributed by atoms with Gasteiger partial charge in [0.05, 0.1) is 0 Å². The largest absolute Gasteiger partial charge is 0.339 e. The third kappa shape index (κ3) is 4.90. The van der Waals surface area contributed by atoms with Crippen LogP contribution >= 0.6 is 11.6 Å². The SMILES string of the molecule is CC(N)c1ccc(-c2cccc(-c3noc(CCc4nc(-c5ccc(Cl)cc5)no4)n3)c2)cc1. The van der Waals surface area contributed by atoms with Crippen LogP contribution in [-0.4, -0.2) is 20.3 Å². The van der Waals surface area contributed by atoms with Gasteiger partial charge in [-0.25, -0.2) is 0 Å². The molecule has 170 valence electrons.